The number of benzene rings is 2. The smallest absolute Gasteiger partial charge is 0.261 e. The van der Waals surface area contributed by atoms with Crippen LogP contribution in [0.15, 0.2) is 63.1 Å². The first-order chi connectivity index (χ1) is 10.6. The molecule has 0 radical (unpaired) electrons. The van der Waals surface area contributed by atoms with E-state index in [4.69, 9.17) is 4.42 Å². The van der Waals surface area contributed by atoms with Crippen molar-refractivity contribution < 1.29 is 14.3 Å². The van der Waals surface area contributed by atoms with Crippen molar-refractivity contribution in [2.24, 2.45) is 0 Å². The van der Waals surface area contributed by atoms with E-state index in [9.17, 15) is 9.90 Å². The second-order valence-electron chi connectivity index (χ2n) is 4.76. The number of carbonyl (C=O) groups excluding carboxylic acids is 1. The van der Waals surface area contributed by atoms with E-state index in [0.717, 1.165) is 22.9 Å². The predicted octanol–water partition coefficient (Wildman–Crippen LogP) is 3.02. The summed E-state index contributed by atoms with van der Waals surface area (Å²) in [7, 11) is 0. The second-order valence-corrected chi connectivity index (χ2v) is 5.75. The Labute approximate surface area is 131 Å². The van der Waals surface area contributed by atoms with Gasteiger partial charge >= 0.3 is 0 Å². The minimum atomic E-state index is -1.26. The summed E-state index contributed by atoms with van der Waals surface area (Å²) in [5, 5.41) is 11.6. The molecule has 3 aromatic rings. The van der Waals surface area contributed by atoms with Gasteiger partial charge in [-0.1, -0.05) is 42.0 Å². The summed E-state index contributed by atoms with van der Waals surface area (Å²) in [6.07, 6.45) is 1.55. The Morgan fingerprint density at radius 3 is 2.59 bits per heavy atom. The number of para-hydroxylation sites is 2. The maximum absolute atomic E-state index is 11.3. The number of aromatic nitrogens is 1. The molecule has 2 aromatic carbocycles. The highest BCUT2D eigenvalue weighted by Crippen LogP contribution is 2.30. The van der Waals surface area contributed by atoms with Crippen molar-refractivity contribution in [2.75, 3.05) is 0 Å². The molecule has 0 saturated heterocycles. The largest absolute Gasteiger partial charge is 0.544 e. The fraction of sp³-hybridized carbons (Fsp3) is 0.0588. The van der Waals surface area contributed by atoms with Crippen molar-refractivity contribution >= 4 is 34.9 Å². The van der Waals surface area contributed by atoms with E-state index in [1.165, 1.54) is 0 Å². The number of oxazole rings is 1. The van der Waals surface area contributed by atoms with Gasteiger partial charge in [-0.15, -0.1) is 0 Å². The molecule has 0 unspecified atom stereocenters. The number of fused-ring (bicyclic) bond motifs is 1. The molecule has 0 aliphatic carbocycles. The summed E-state index contributed by atoms with van der Waals surface area (Å²) in [5.74, 6) is -1.26. The summed E-state index contributed by atoms with van der Waals surface area (Å²) in [4.78, 5) is 15.6. The lowest BCUT2D eigenvalue weighted by atomic mass is 10.1. The molecule has 5 heteroatoms. The van der Waals surface area contributed by atoms with E-state index in [0.29, 0.717) is 11.1 Å². The maximum Gasteiger partial charge on any atom is 0.261 e. The minimum absolute atomic E-state index is 0.0513. The fourth-order valence-electron chi connectivity index (χ4n) is 1.93. The molecule has 3 rings (SSSR count). The highest BCUT2D eigenvalue weighted by atomic mass is 32.2. The Morgan fingerprint density at radius 1 is 1.18 bits per heavy atom. The number of thioether (sulfide) groups is 1. The average molecular weight is 310 g/mol. The standard InChI is InChI=1S/C17H13NO3S/c1-11-6-8-12(9-7-11)10-15(16(19)20)22-17-18-13-4-2-3-5-14(13)21-17/h2-10H,1H3,(H,19,20)/p-1/b15-10+. The van der Waals surface area contributed by atoms with Gasteiger partial charge in [0, 0.05) is 4.91 Å². The highest BCUT2D eigenvalue weighted by molar-refractivity contribution is 8.03. The van der Waals surface area contributed by atoms with Crippen LogP contribution in [0.2, 0.25) is 0 Å². The molecule has 0 aliphatic heterocycles. The van der Waals surface area contributed by atoms with Crippen LogP contribution >= 0.6 is 11.8 Å². The summed E-state index contributed by atoms with van der Waals surface area (Å²) < 4.78 is 5.53. The van der Waals surface area contributed by atoms with Gasteiger partial charge in [0.1, 0.15) is 5.52 Å². The van der Waals surface area contributed by atoms with Crippen LogP contribution in [0.3, 0.4) is 0 Å². The normalized spacial score (nSPS) is 11.8. The fourth-order valence-corrected chi connectivity index (χ4v) is 2.67. The van der Waals surface area contributed by atoms with Gasteiger partial charge in [0.05, 0.1) is 5.97 Å². The summed E-state index contributed by atoms with van der Waals surface area (Å²) >= 11 is 0.943. The zero-order valence-corrected chi connectivity index (χ0v) is 12.6. The molecule has 22 heavy (non-hydrogen) atoms. The zero-order valence-electron chi connectivity index (χ0n) is 11.8. The molecule has 0 fully saturated rings. The van der Waals surface area contributed by atoms with Gasteiger partial charge in [-0.05, 0) is 42.5 Å². The Bertz CT molecular complexity index is 817. The van der Waals surface area contributed by atoms with Crippen LogP contribution in [0.25, 0.3) is 17.2 Å². The number of rotatable bonds is 4. The lowest BCUT2D eigenvalue weighted by Crippen LogP contribution is -2.22. The number of aryl methyl sites for hydroxylation is 1. The van der Waals surface area contributed by atoms with E-state index in [2.05, 4.69) is 4.98 Å². The minimum Gasteiger partial charge on any atom is -0.544 e. The van der Waals surface area contributed by atoms with E-state index < -0.39 is 5.97 Å². The Kier molecular flexibility index (Phi) is 3.98. The highest BCUT2D eigenvalue weighted by Gasteiger charge is 2.10. The molecule has 110 valence electrons. The van der Waals surface area contributed by atoms with Crippen LogP contribution < -0.4 is 5.11 Å². The van der Waals surface area contributed by atoms with E-state index >= 15 is 0 Å². The van der Waals surface area contributed by atoms with Crippen LogP contribution in [-0.2, 0) is 4.79 Å². The summed E-state index contributed by atoms with van der Waals surface area (Å²) in [6.45, 7) is 1.97. The van der Waals surface area contributed by atoms with Gasteiger partial charge in [-0.3, -0.25) is 0 Å². The number of nitrogens with zero attached hydrogens (tertiary/aromatic N) is 1. The molecule has 0 N–H and O–H groups in total. The first kappa shape index (κ1) is 14.4. The predicted molar refractivity (Wildman–Crippen MR) is 84.0 cm³/mol. The summed E-state index contributed by atoms with van der Waals surface area (Å²) in [5.41, 5.74) is 3.21. The van der Waals surface area contributed by atoms with Crippen molar-refractivity contribution in [1.82, 2.24) is 4.98 Å². The molecular formula is C17H12NO3S-. The van der Waals surface area contributed by atoms with Gasteiger partial charge < -0.3 is 14.3 Å². The maximum atomic E-state index is 11.3. The van der Waals surface area contributed by atoms with Gasteiger partial charge in [0.2, 0.25) is 0 Å². The monoisotopic (exact) mass is 310 g/mol. The Hall–Kier alpha value is -2.53. The quantitative estimate of drug-likeness (QED) is 0.547. The third kappa shape index (κ3) is 3.20. The van der Waals surface area contributed by atoms with Crippen LogP contribution in [0.1, 0.15) is 11.1 Å². The van der Waals surface area contributed by atoms with E-state index in [1.807, 2.05) is 49.4 Å². The van der Waals surface area contributed by atoms with Gasteiger partial charge in [-0.2, -0.15) is 0 Å². The molecular weight excluding hydrogens is 298 g/mol. The third-order valence-electron chi connectivity index (χ3n) is 3.05. The number of hydrogen-bond donors (Lipinski definition) is 0. The van der Waals surface area contributed by atoms with Crippen LogP contribution in [0.5, 0.6) is 0 Å². The molecule has 0 atom stereocenters. The van der Waals surface area contributed by atoms with Gasteiger partial charge in [0.15, 0.2) is 5.58 Å². The first-order valence-corrected chi connectivity index (χ1v) is 7.46. The Balaban J connectivity index is 1.91. The number of carbonyl (C=O) groups is 1. The molecule has 0 aliphatic rings. The second kappa shape index (κ2) is 6.07. The molecule has 4 nitrogen and oxygen atoms in total. The van der Waals surface area contributed by atoms with E-state index in [1.54, 1.807) is 12.1 Å². The number of carboxylic acid groups (broad SMARTS) is 1. The topological polar surface area (TPSA) is 66.2 Å². The summed E-state index contributed by atoms with van der Waals surface area (Å²) in [6, 6.07) is 14.8. The average Bonchev–Trinajstić information content (AvgIpc) is 2.91. The Morgan fingerprint density at radius 2 is 1.91 bits per heavy atom. The molecule has 1 aromatic heterocycles. The van der Waals surface area contributed by atoms with Gasteiger partial charge in [-0.25, -0.2) is 4.98 Å². The molecule has 0 amide bonds. The zero-order chi connectivity index (χ0) is 15.5. The van der Waals surface area contributed by atoms with Crippen molar-refractivity contribution in [3.8, 4) is 0 Å². The number of carboxylic acids is 1. The molecule has 0 spiro atoms. The van der Waals surface area contributed by atoms with Crippen molar-refractivity contribution in [1.29, 1.82) is 0 Å². The van der Waals surface area contributed by atoms with Crippen LogP contribution in [-0.4, -0.2) is 11.0 Å². The van der Waals surface area contributed by atoms with E-state index in [-0.39, 0.29) is 10.1 Å². The lowest BCUT2D eigenvalue weighted by Gasteiger charge is -2.05. The molecule has 1 heterocycles. The van der Waals surface area contributed by atoms with Crippen molar-refractivity contribution in [3.63, 3.8) is 0 Å². The molecule has 0 bridgehead atoms. The molecule has 0 saturated carbocycles. The lowest BCUT2D eigenvalue weighted by molar-refractivity contribution is -0.298. The number of hydrogen-bond acceptors (Lipinski definition) is 5. The number of aliphatic carboxylic acids is 1. The van der Waals surface area contributed by atoms with Crippen molar-refractivity contribution in [3.05, 3.63) is 64.6 Å². The van der Waals surface area contributed by atoms with Crippen LogP contribution in [0.4, 0.5) is 0 Å². The van der Waals surface area contributed by atoms with Crippen LogP contribution in [0, 0.1) is 6.92 Å². The first-order valence-electron chi connectivity index (χ1n) is 6.65. The third-order valence-corrected chi connectivity index (χ3v) is 3.90. The van der Waals surface area contributed by atoms with Crippen molar-refractivity contribution in [2.45, 2.75) is 12.1 Å². The van der Waals surface area contributed by atoms with Gasteiger partial charge in [0.25, 0.3) is 5.22 Å². The SMILES string of the molecule is Cc1ccc(/C=C(/Sc2nc3ccccc3o2)C(=O)[O-])cc1.